The lowest BCUT2D eigenvalue weighted by Gasteiger charge is -2.11. The van der Waals surface area contributed by atoms with Crippen LogP contribution in [0.1, 0.15) is 19.4 Å². The number of ether oxygens (including phenoxy) is 1. The van der Waals surface area contributed by atoms with Crippen molar-refractivity contribution in [3.63, 3.8) is 0 Å². The molecule has 0 saturated heterocycles. The van der Waals surface area contributed by atoms with Gasteiger partial charge < -0.3 is 15.4 Å². The highest BCUT2D eigenvalue weighted by atomic mass is 35.5. The molecule has 6 heteroatoms. The van der Waals surface area contributed by atoms with Crippen LogP contribution in [0.2, 0.25) is 5.15 Å². The van der Waals surface area contributed by atoms with Crippen molar-refractivity contribution in [3.8, 4) is 5.75 Å². The maximum Gasteiger partial charge on any atom is 0.319 e. The maximum atomic E-state index is 11.9. The Morgan fingerprint density at radius 2 is 2.13 bits per heavy atom. The standard InChI is InChI=1S/C17H20ClN3O2/c1-12(2)11-23-15-5-3-4-14(8-15)21-17(22)20-10-13-6-7-16(18)19-9-13/h3-9,12H,10-11H2,1-2H3,(H2,20,21,22). The van der Waals surface area contributed by atoms with Crippen LogP contribution in [0, 0.1) is 5.92 Å². The second-order valence-electron chi connectivity index (χ2n) is 5.53. The first-order valence-corrected chi connectivity index (χ1v) is 7.79. The topological polar surface area (TPSA) is 63.2 Å². The summed E-state index contributed by atoms with van der Waals surface area (Å²) < 4.78 is 5.64. The summed E-state index contributed by atoms with van der Waals surface area (Å²) in [5, 5.41) is 5.96. The molecule has 122 valence electrons. The highest BCUT2D eigenvalue weighted by Gasteiger charge is 2.04. The van der Waals surface area contributed by atoms with Crippen molar-refractivity contribution in [2.45, 2.75) is 20.4 Å². The van der Waals surface area contributed by atoms with E-state index >= 15 is 0 Å². The number of carbonyl (C=O) groups excluding carboxylic acids is 1. The molecular formula is C17H20ClN3O2. The first-order chi connectivity index (χ1) is 11.0. The number of hydrogen-bond acceptors (Lipinski definition) is 3. The minimum atomic E-state index is -0.291. The molecule has 2 amide bonds. The molecule has 2 rings (SSSR count). The van der Waals surface area contributed by atoms with Crippen LogP contribution in [0.4, 0.5) is 10.5 Å². The summed E-state index contributed by atoms with van der Waals surface area (Å²) >= 11 is 5.72. The van der Waals surface area contributed by atoms with Crippen molar-refractivity contribution in [2.24, 2.45) is 5.92 Å². The van der Waals surface area contributed by atoms with E-state index in [4.69, 9.17) is 16.3 Å². The third-order valence-electron chi connectivity index (χ3n) is 2.92. The van der Waals surface area contributed by atoms with Gasteiger partial charge in [-0.05, 0) is 29.7 Å². The molecule has 1 heterocycles. The van der Waals surface area contributed by atoms with Crippen LogP contribution >= 0.6 is 11.6 Å². The average Bonchev–Trinajstić information content (AvgIpc) is 2.53. The minimum Gasteiger partial charge on any atom is -0.493 e. The summed E-state index contributed by atoms with van der Waals surface area (Å²) in [5.74, 6) is 1.18. The zero-order valence-corrected chi connectivity index (χ0v) is 13.9. The van der Waals surface area contributed by atoms with Crippen molar-refractivity contribution in [3.05, 3.63) is 53.3 Å². The van der Waals surface area contributed by atoms with Gasteiger partial charge in [0.1, 0.15) is 10.9 Å². The van der Waals surface area contributed by atoms with E-state index in [1.54, 1.807) is 18.3 Å². The minimum absolute atomic E-state index is 0.291. The lowest BCUT2D eigenvalue weighted by Crippen LogP contribution is -2.28. The molecular weight excluding hydrogens is 314 g/mol. The molecule has 0 aliphatic rings. The lowest BCUT2D eigenvalue weighted by molar-refractivity contribution is 0.251. The number of nitrogens with zero attached hydrogens (tertiary/aromatic N) is 1. The summed E-state index contributed by atoms with van der Waals surface area (Å²) in [6, 6.07) is 10.5. The average molecular weight is 334 g/mol. The molecule has 0 aliphatic heterocycles. The van der Waals surface area contributed by atoms with Crippen LogP contribution in [0.3, 0.4) is 0 Å². The Kier molecular flexibility index (Phi) is 6.23. The highest BCUT2D eigenvalue weighted by Crippen LogP contribution is 2.18. The largest absolute Gasteiger partial charge is 0.493 e. The number of aromatic nitrogens is 1. The summed E-state index contributed by atoms with van der Waals surface area (Å²) in [7, 11) is 0. The quantitative estimate of drug-likeness (QED) is 0.782. The van der Waals surface area contributed by atoms with Gasteiger partial charge in [0.05, 0.1) is 6.61 Å². The van der Waals surface area contributed by atoms with E-state index in [9.17, 15) is 4.79 Å². The normalized spacial score (nSPS) is 10.4. The number of anilines is 1. The van der Waals surface area contributed by atoms with Crippen LogP contribution in [-0.2, 0) is 6.54 Å². The van der Waals surface area contributed by atoms with Gasteiger partial charge in [-0.3, -0.25) is 0 Å². The van der Waals surface area contributed by atoms with Gasteiger partial charge in [0, 0.05) is 24.5 Å². The number of hydrogen-bond donors (Lipinski definition) is 2. The zero-order chi connectivity index (χ0) is 16.7. The summed E-state index contributed by atoms with van der Waals surface area (Å²) in [6.45, 7) is 5.18. The monoisotopic (exact) mass is 333 g/mol. The zero-order valence-electron chi connectivity index (χ0n) is 13.2. The second kappa shape index (κ2) is 8.39. The molecule has 1 aromatic heterocycles. The molecule has 0 saturated carbocycles. The SMILES string of the molecule is CC(C)COc1cccc(NC(=O)NCc2ccc(Cl)nc2)c1. The fourth-order valence-corrected chi connectivity index (χ4v) is 1.91. The Bertz CT molecular complexity index is 645. The predicted molar refractivity (Wildman–Crippen MR) is 91.9 cm³/mol. The van der Waals surface area contributed by atoms with Crippen LogP contribution < -0.4 is 15.4 Å². The van der Waals surface area contributed by atoms with E-state index in [1.165, 1.54) is 0 Å². The number of urea groups is 1. The molecule has 0 atom stereocenters. The molecule has 0 aliphatic carbocycles. The smallest absolute Gasteiger partial charge is 0.319 e. The number of carbonyl (C=O) groups is 1. The Labute approximate surface area is 141 Å². The lowest BCUT2D eigenvalue weighted by atomic mass is 10.2. The van der Waals surface area contributed by atoms with Gasteiger partial charge in [-0.1, -0.05) is 37.6 Å². The Hall–Kier alpha value is -2.27. The van der Waals surface area contributed by atoms with Crippen molar-refractivity contribution < 1.29 is 9.53 Å². The summed E-state index contributed by atoms with van der Waals surface area (Å²) in [6.07, 6.45) is 1.63. The predicted octanol–water partition coefficient (Wildman–Crippen LogP) is 4.09. The molecule has 5 nitrogen and oxygen atoms in total. The molecule has 0 spiro atoms. The molecule has 2 aromatic rings. The molecule has 23 heavy (non-hydrogen) atoms. The third-order valence-corrected chi connectivity index (χ3v) is 3.14. The van der Waals surface area contributed by atoms with Gasteiger partial charge in [-0.25, -0.2) is 9.78 Å². The van der Waals surface area contributed by atoms with E-state index in [0.29, 0.717) is 29.9 Å². The van der Waals surface area contributed by atoms with Crippen LogP contribution in [0.5, 0.6) is 5.75 Å². The fourth-order valence-electron chi connectivity index (χ4n) is 1.80. The van der Waals surface area contributed by atoms with E-state index in [-0.39, 0.29) is 6.03 Å². The summed E-state index contributed by atoms with van der Waals surface area (Å²) in [5.41, 5.74) is 1.55. The number of nitrogens with one attached hydrogen (secondary N) is 2. The number of amides is 2. The van der Waals surface area contributed by atoms with E-state index < -0.39 is 0 Å². The second-order valence-corrected chi connectivity index (χ2v) is 5.92. The highest BCUT2D eigenvalue weighted by molar-refractivity contribution is 6.29. The number of halogens is 1. The van der Waals surface area contributed by atoms with Crippen molar-refractivity contribution in [2.75, 3.05) is 11.9 Å². The number of pyridine rings is 1. The first kappa shape index (κ1) is 17.1. The maximum absolute atomic E-state index is 11.9. The Morgan fingerprint density at radius 3 is 2.83 bits per heavy atom. The molecule has 2 N–H and O–H groups in total. The number of rotatable bonds is 6. The van der Waals surface area contributed by atoms with Crippen molar-refractivity contribution in [1.82, 2.24) is 10.3 Å². The first-order valence-electron chi connectivity index (χ1n) is 7.41. The van der Waals surface area contributed by atoms with Gasteiger partial charge in [-0.2, -0.15) is 0 Å². The summed E-state index contributed by atoms with van der Waals surface area (Å²) in [4.78, 5) is 15.9. The molecule has 0 radical (unpaired) electrons. The van der Waals surface area contributed by atoms with E-state index in [2.05, 4.69) is 29.5 Å². The third kappa shape index (κ3) is 6.16. The van der Waals surface area contributed by atoms with Crippen LogP contribution in [-0.4, -0.2) is 17.6 Å². The fraction of sp³-hybridized carbons (Fsp3) is 0.294. The van der Waals surface area contributed by atoms with Gasteiger partial charge in [-0.15, -0.1) is 0 Å². The molecule has 0 bridgehead atoms. The van der Waals surface area contributed by atoms with E-state index in [1.807, 2.05) is 24.3 Å². The van der Waals surface area contributed by atoms with Gasteiger partial charge in [0.15, 0.2) is 0 Å². The Balaban J connectivity index is 1.84. The van der Waals surface area contributed by atoms with Gasteiger partial charge >= 0.3 is 6.03 Å². The molecule has 0 fully saturated rings. The van der Waals surface area contributed by atoms with Crippen LogP contribution in [0.15, 0.2) is 42.6 Å². The van der Waals surface area contributed by atoms with Crippen molar-refractivity contribution in [1.29, 1.82) is 0 Å². The van der Waals surface area contributed by atoms with Gasteiger partial charge in [0.2, 0.25) is 0 Å². The van der Waals surface area contributed by atoms with E-state index in [0.717, 1.165) is 11.3 Å². The van der Waals surface area contributed by atoms with Crippen LogP contribution in [0.25, 0.3) is 0 Å². The molecule has 0 unspecified atom stereocenters. The van der Waals surface area contributed by atoms with Gasteiger partial charge in [0.25, 0.3) is 0 Å². The Morgan fingerprint density at radius 1 is 1.30 bits per heavy atom. The number of benzene rings is 1. The molecule has 1 aromatic carbocycles. The van der Waals surface area contributed by atoms with Crippen molar-refractivity contribution >= 4 is 23.3 Å².